The van der Waals surface area contributed by atoms with Gasteiger partial charge in [0.1, 0.15) is 5.75 Å². The van der Waals surface area contributed by atoms with Crippen LogP contribution in [0.5, 0.6) is 5.75 Å². The minimum absolute atomic E-state index is 0.309. The van der Waals surface area contributed by atoms with Crippen molar-refractivity contribution in [2.75, 3.05) is 25.7 Å². The maximum Gasteiger partial charge on any atom is 0.120 e. The van der Waals surface area contributed by atoms with Crippen LogP contribution in [0.25, 0.3) is 10.4 Å². The van der Waals surface area contributed by atoms with Crippen LogP contribution in [0, 0.1) is 0 Å². The summed E-state index contributed by atoms with van der Waals surface area (Å²) in [5, 5.41) is 3.47. The van der Waals surface area contributed by atoms with Gasteiger partial charge in [-0.15, -0.1) is 0 Å². The summed E-state index contributed by atoms with van der Waals surface area (Å²) >= 11 is 0. The highest BCUT2D eigenvalue weighted by Gasteiger charge is 1.99. The van der Waals surface area contributed by atoms with Crippen molar-refractivity contribution in [1.29, 1.82) is 0 Å². The summed E-state index contributed by atoms with van der Waals surface area (Å²) in [6, 6.07) is 7.56. The van der Waals surface area contributed by atoms with Gasteiger partial charge in [-0.3, -0.25) is 0 Å². The fraction of sp³-hybridized carbons (Fsp3) is 0.333. The molecule has 0 radical (unpaired) electrons. The molecule has 0 bridgehead atoms. The van der Waals surface area contributed by atoms with Crippen LogP contribution in [-0.4, -0.2) is 20.8 Å². The molecule has 1 aromatic carbocycles. The van der Waals surface area contributed by atoms with Crippen LogP contribution in [0.1, 0.15) is 0 Å². The predicted octanol–water partition coefficient (Wildman–Crippen LogP) is 2.40. The molecule has 0 heterocycles. The largest absolute Gasteiger partial charge is 0.497 e. The van der Waals surface area contributed by atoms with E-state index in [1.54, 1.807) is 7.11 Å². The van der Waals surface area contributed by atoms with Crippen molar-refractivity contribution >= 4 is 5.69 Å². The molecule has 0 aliphatic rings. The summed E-state index contributed by atoms with van der Waals surface area (Å²) in [6.45, 7) is 0.309. The van der Waals surface area contributed by atoms with E-state index in [1.165, 1.54) is 0 Å². The average Bonchev–Trinajstić information content (AvgIpc) is 2.26. The van der Waals surface area contributed by atoms with E-state index in [0.29, 0.717) is 6.67 Å². The first-order valence-corrected chi connectivity index (χ1v) is 4.14. The molecule has 0 saturated carbocycles. The lowest BCUT2D eigenvalue weighted by Crippen LogP contribution is -2.16. The number of anilines is 1. The zero-order chi connectivity index (χ0) is 10.4. The van der Waals surface area contributed by atoms with Gasteiger partial charge in [0.25, 0.3) is 0 Å². The molecule has 0 fully saturated rings. The van der Waals surface area contributed by atoms with E-state index in [2.05, 4.69) is 10.0 Å². The molecular formula is C9H12N4O. The lowest BCUT2D eigenvalue weighted by Gasteiger charge is -2.16. The number of benzene rings is 1. The summed E-state index contributed by atoms with van der Waals surface area (Å²) in [5.41, 5.74) is 9.13. The summed E-state index contributed by atoms with van der Waals surface area (Å²) in [4.78, 5) is 4.53. The summed E-state index contributed by atoms with van der Waals surface area (Å²) in [5.74, 6) is 0.787. The van der Waals surface area contributed by atoms with Crippen LogP contribution >= 0.6 is 0 Å². The summed E-state index contributed by atoms with van der Waals surface area (Å²) in [6.07, 6.45) is 0. The number of hydrogen-bond acceptors (Lipinski definition) is 3. The third-order valence-corrected chi connectivity index (χ3v) is 1.83. The summed E-state index contributed by atoms with van der Waals surface area (Å²) in [7, 11) is 3.47. The molecule has 0 aromatic heterocycles. The molecule has 0 spiro atoms. The van der Waals surface area contributed by atoms with Crippen LogP contribution < -0.4 is 9.64 Å². The monoisotopic (exact) mass is 192 g/mol. The van der Waals surface area contributed by atoms with Crippen molar-refractivity contribution in [2.45, 2.75) is 0 Å². The van der Waals surface area contributed by atoms with Gasteiger partial charge in [-0.1, -0.05) is 11.2 Å². The van der Waals surface area contributed by atoms with Gasteiger partial charge in [-0.25, -0.2) is 0 Å². The molecule has 0 aliphatic carbocycles. The van der Waals surface area contributed by atoms with Crippen LogP contribution in [-0.2, 0) is 0 Å². The highest BCUT2D eigenvalue weighted by Crippen LogP contribution is 2.19. The maximum atomic E-state index is 8.17. The molecule has 5 nitrogen and oxygen atoms in total. The number of methoxy groups -OCH3 is 1. The second-order valence-corrected chi connectivity index (χ2v) is 2.77. The number of nitrogens with zero attached hydrogens (tertiary/aromatic N) is 4. The van der Waals surface area contributed by atoms with E-state index in [-0.39, 0.29) is 0 Å². The maximum absolute atomic E-state index is 8.17. The molecule has 0 saturated heterocycles. The molecule has 74 valence electrons. The first-order valence-electron chi connectivity index (χ1n) is 4.14. The molecule has 0 amide bonds. The topological polar surface area (TPSA) is 61.2 Å². The SMILES string of the molecule is COc1cccc(N(C)CN=[N+]=[N-])c1. The van der Waals surface area contributed by atoms with Gasteiger partial charge in [-0.05, 0) is 17.7 Å². The van der Waals surface area contributed by atoms with Crippen LogP contribution in [0.3, 0.4) is 0 Å². The molecular weight excluding hydrogens is 180 g/mol. The minimum atomic E-state index is 0.309. The Morgan fingerprint density at radius 1 is 1.57 bits per heavy atom. The van der Waals surface area contributed by atoms with E-state index in [1.807, 2.05) is 36.2 Å². The van der Waals surface area contributed by atoms with Gasteiger partial charge in [0, 0.05) is 23.7 Å². The molecule has 1 aromatic rings. The fourth-order valence-corrected chi connectivity index (χ4v) is 1.05. The van der Waals surface area contributed by atoms with Crippen molar-refractivity contribution in [3.8, 4) is 5.75 Å². The third-order valence-electron chi connectivity index (χ3n) is 1.83. The van der Waals surface area contributed by atoms with Crippen molar-refractivity contribution < 1.29 is 4.74 Å². The zero-order valence-corrected chi connectivity index (χ0v) is 8.21. The molecule has 0 atom stereocenters. The third kappa shape index (κ3) is 2.57. The van der Waals surface area contributed by atoms with Gasteiger partial charge in [0.05, 0.1) is 13.8 Å². The smallest absolute Gasteiger partial charge is 0.120 e. The van der Waals surface area contributed by atoms with E-state index >= 15 is 0 Å². The first kappa shape index (κ1) is 10.2. The van der Waals surface area contributed by atoms with Gasteiger partial charge in [0.15, 0.2) is 0 Å². The molecule has 0 aliphatic heterocycles. The van der Waals surface area contributed by atoms with E-state index < -0.39 is 0 Å². The van der Waals surface area contributed by atoms with Crippen LogP contribution in [0.4, 0.5) is 5.69 Å². The normalized spacial score (nSPS) is 9.00. The van der Waals surface area contributed by atoms with Crippen molar-refractivity contribution in [1.82, 2.24) is 0 Å². The summed E-state index contributed by atoms with van der Waals surface area (Å²) < 4.78 is 5.08. The lowest BCUT2D eigenvalue weighted by molar-refractivity contribution is 0.415. The van der Waals surface area contributed by atoms with Crippen molar-refractivity contribution in [3.05, 3.63) is 34.7 Å². The highest BCUT2D eigenvalue weighted by molar-refractivity contribution is 5.49. The van der Waals surface area contributed by atoms with E-state index in [9.17, 15) is 0 Å². The lowest BCUT2D eigenvalue weighted by atomic mass is 10.3. The quantitative estimate of drug-likeness (QED) is 0.417. The molecule has 1 rings (SSSR count). The second-order valence-electron chi connectivity index (χ2n) is 2.77. The second kappa shape index (κ2) is 4.99. The van der Waals surface area contributed by atoms with Crippen molar-refractivity contribution in [2.24, 2.45) is 5.11 Å². The molecule has 14 heavy (non-hydrogen) atoms. The van der Waals surface area contributed by atoms with Gasteiger partial charge < -0.3 is 9.64 Å². The Morgan fingerprint density at radius 2 is 2.36 bits per heavy atom. The van der Waals surface area contributed by atoms with Crippen LogP contribution in [0.2, 0.25) is 0 Å². The Bertz CT molecular complexity index is 346. The van der Waals surface area contributed by atoms with E-state index in [4.69, 9.17) is 10.3 Å². The Kier molecular flexibility index (Phi) is 3.64. The molecule has 5 heteroatoms. The number of hydrogen-bond donors (Lipinski definition) is 0. The van der Waals surface area contributed by atoms with Crippen molar-refractivity contribution in [3.63, 3.8) is 0 Å². The molecule has 0 unspecified atom stereocenters. The predicted molar refractivity (Wildman–Crippen MR) is 55.4 cm³/mol. The first-order chi connectivity index (χ1) is 6.77. The highest BCUT2D eigenvalue weighted by atomic mass is 16.5. The number of ether oxygens (including phenoxy) is 1. The van der Waals surface area contributed by atoms with E-state index in [0.717, 1.165) is 11.4 Å². The standard InChI is InChI=1S/C9H12N4O/c1-13(7-11-12-10)8-4-3-5-9(6-8)14-2/h3-6H,7H2,1-2H3. The zero-order valence-electron chi connectivity index (χ0n) is 8.21. The average molecular weight is 192 g/mol. The Labute approximate surface area is 82.5 Å². The molecule has 0 N–H and O–H groups in total. The van der Waals surface area contributed by atoms with Gasteiger partial charge >= 0.3 is 0 Å². The Hall–Kier alpha value is -1.87. The number of rotatable bonds is 4. The van der Waals surface area contributed by atoms with Gasteiger partial charge in [-0.2, -0.15) is 0 Å². The Balaban J connectivity index is 2.78. The Morgan fingerprint density at radius 3 is 3.00 bits per heavy atom. The van der Waals surface area contributed by atoms with Crippen LogP contribution in [0.15, 0.2) is 29.4 Å². The fourth-order valence-electron chi connectivity index (χ4n) is 1.05. The van der Waals surface area contributed by atoms with Gasteiger partial charge in [0.2, 0.25) is 0 Å². The number of azide groups is 1. The minimum Gasteiger partial charge on any atom is -0.497 e.